The lowest BCUT2D eigenvalue weighted by Crippen LogP contribution is -2.37. The third kappa shape index (κ3) is 4.46. The summed E-state index contributed by atoms with van der Waals surface area (Å²) in [5, 5.41) is 2.68. The Morgan fingerprint density at radius 1 is 1.03 bits per heavy atom. The van der Waals surface area contributed by atoms with Gasteiger partial charge in [0.15, 0.2) is 5.78 Å². The predicted octanol–water partition coefficient (Wildman–Crippen LogP) is 2.16. The van der Waals surface area contributed by atoms with Crippen LogP contribution in [0.3, 0.4) is 0 Å². The summed E-state index contributed by atoms with van der Waals surface area (Å²) in [5.41, 5.74) is 0.710. The number of hydrogen-bond donors (Lipinski definition) is 1. The molecule has 2 heterocycles. The molecule has 1 atom stereocenters. The Bertz CT molecular complexity index is 1000. The average Bonchev–Trinajstić information content (AvgIpc) is 3.27. The van der Waals surface area contributed by atoms with Gasteiger partial charge in [-0.15, -0.1) is 11.3 Å². The molecule has 1 unspecified atom stereocenters. The lowest BCUT2D eigenvalue weighted by molar-refractivity contribution is -0.143. The van der Waals surface area contributed by atoms with E-state index in [4.69, 9.17) is 0 Å². The van der Waals surface area contributed by atoms with E-state index in [2.05, 4.69) is 5.32 Å². The summed E-state index contributed by atoms with van der Waals surface area (Å²) in [6, 6.07) is 10.9. The molecular weight excluding hydrogens is 406 g/mol. The van der Waals surface area contributed by atoms with Gasteiger partial charge in [0.05, 0.1) is 17.5 Å². The molecular formula is C21H21N3O5S. The topological polar surface area (TPSA) is 104 Å². The molecule has 0 spiro atoms. The third-order valence-electron chi connectivity index (χ3n) is 4.74. The van der Waals surface area contributed by atoms with Crippen LogP contribution < -0.4 is 5.32 Å². The van der Waals surface area contributed by atoms with Crippen molar-refractivity contribution < 1.29 is 24.0 Å². The Morgan fingerprint density at radius 2 is 1.73 bits per heavy atom. The number of carbonyl (C=O) groups excluding carboxylic acids is 5. The van der Waals surface area contributed by atoms with E-state index in [1.807, 2.05) is 6.07 Å². The van der Waals surface area contributed by atoms with E-state index in [9.17, 15) is 24.0 Å². The summed E-state index contributed by atoms with van der Waals surface area (Å²) in [5.74, 6) is -2.49. The number of benzene rings is 1. The van der Waals surface area contributed by atoms with E-state index in [1.54, 1.807) is 43.3 Å². The Morgan fingerprint density at radius 3 is 2.40 bits per heavy atom. The number of amides is 5. The number of imide groups is 2. The fraction of sp³-hybridized carbons (Fsp3) is 0.286. The molecule has 2 aromatic rings. The van der Waals surface area contributed by atoms with E-state index in [1.165, 1.54) is 18.3 Å². The molecule has 1 saturated heterocycles. The lowest BCUT2D eigenvalue weighted by atomic mass is 10.1. The van der Waals surface area contributed by atoms with E-state index in [0.717, 1.165) is 9.78 Å². The number of rotatable bonds is 8. The lowest BCUT2D eigenvalue weighted by Gasteiger charge is -2.22. The molecule has 3 rings (SSSR count). The minimum absolute atomic E-state index is 0.132. The van der Waals surface area contributed by atoms with Gasteiger partial charge in [-0.3, -0.25) is 19.2 Å². The molecule has 1 N–H and O–H groups in total. The first-order valence-corrected chi connectivity index (χ1v) is 10.2. The number of urea groups is 1. The molecule has 30 heavy (non-hydrogen) atoms. The molecule has 1 aliphatic rings. The summed E-state index contributed by atoms with van der Waals surface area (Å²) in [6.07, 6.45) is 0.569. The number of Topliss-reactive ketones (excluding diaryl/α,β-unsaturated/α-hetero) is 1. The van der Waals surface area contributed by atoms with Crippen molar-refractivity contribution in [2.45, 2.75) is 26.3 Å². The van der Waals surface area contributed by atoms with Crippen molar-refractivity contribution in [2.24, 2.45) is 0 Å². The SMILES string of the molecule is CC(=O)NCCc1ccc(C(=O)CN2C(=O)C(=O)N(C(C)c3ccccc3)C2=O)s1. The van der Waals surface area contributed by atoms with Crippen LogP contribution in [0.2, 0.25) is 0 Å². The molecule has 1 aromatic carbocycles. The smallest absolute Gasteiger partial charge is 0.335 e. The Hall–Kier alpha value is -3.33. The van der Waals surface area contributed by atoms with Gasteiger partial charge < -0.3 is 5.32 Å². The van der Waals surface area contributed by atoms with Gasteiger partial charge in [-0.05, 0) is 31.0 Å². The maximum absolute atomic E-state index is 12.7. The van der Waals surface area contributed by atoms with Crippen molar-refractivity contribution >= 4 is 40.9 Å². The van der Waals surface area contributed by atoms with Crippen molar-refractivity contribution in [2.75, 3.05) is 13.1 Å². The number of hydrogen-bond acceptors (Lipinski definition) is 6. The Labute approximate surface area is 177 Å². The van der Waals surface area contributed by atoms with Gasteiger partial charge in [0.1, 0.15) is 0 Å². The molecule has 8 nitrogen and oxygen atoms in total. The minimum atomic E-state index is -1.00. The van der Waals surface area contributed by atoms with Crippen LogP contribution in [-0.4, -0.2) is 52.4 Å². The fourth-order valence-electron chi connectivity index (χ4n) is 3.13. The van der Waals surface area contributed by atoms with Gasteiger partial charge in [0, 0.05) is 18.3 Å². The van der Waals surface area contributed by atoms with Crippen LogP contribution in [-0.2, 0) is 20.8 Å². The zero-order valence-corrected chi connectivity index (χ0v) is 17.4. The third-order valence-corrected chi connectivity index (χ3v) is 5.92. The second-order valence-electron chi connectivity index (χ2n) is 6.86. The highest BCUT2D eigenvalue weighted by molar-refractivity contribution is 7.14. The van der Waals surface area contributed by atoms with Gasteiger partial charge >= 0.3 is 17.8 Å². The standard InChI is InChI=1S/C21H21N3O5S/c1-13(15-6-4-3-5-7-15)24-20(28)19(27)23(21(24)29)12-17(26)18-9-8-16(30-18)10-11-22-14(2)25/h3-9,13H,10-12H2,1-2H3,(H,22,25). The van der Waals surface area contributed by atoms with Crippen LogP contribution in [0.25, 0.3) is 0 Å². The molecule has 1 fully saturated rings. The fourth-order valence-corrected chi connectivity index (χ4v) is 4.07. The van der Waals surface area contributed by atoms with Gasteiger partial charge in [-0.25, -0.2) is 14.6 Å². The van der Waals surface area contributed by atoms with Gasteiger partial charge in [0.25, 0.3) is 0 Å². The second-order valence-corrected chi connectivity index (χ2v) is 8.03. The van der Waals surface area contributed by atoms with E-state index in [0.29, 0.717) is 28.3 Å². The highest BCUT2D eigenvalue weighted by Gasteiger charge is 2.47. The maximum atomic E-state index is 12.7. The zero-order valence-electron chi connectivity index (χ0n) is 16.6. The van der Waals surface area contributed by atoms with Crippen LogP contribution in [0.15, 0.2) is 42.5 Å². The summed E-state index contributed by atoms with van der Waals surface area (Å²) in [4.78, 5) is 63.9. The molecule has 0 bridgehead atoms. The molecule has 9 heteroatoms. The number of ketones is 1. The van der Waals surface area contributed by atoms with Crippen LogP contribution in [0.1, 0.15) is 40.0 Å². The normalized spacial score (nSPS) is 14.9. The molecule has 5 amide bonds. The predicted molar refractivity (Wildman–Crippen MR) is 110 cm³/mol. The summed E-state index contributed by atoms with van der Waals surface area (Å²) in [6.45, 7) is 3.04. The average molecular weight is 427 g/mol. The largest absolute Gasteiger partial charge is 0.356 e. The molecule has 0 radical (unpaired) electrons. The first-order valence-electron chi connectivity index (χ1n) is 9.40. The van der Waals surface area contributed by atoms with Crippen molar-refractivity contribution in [3.05, 3.63) is 57.8 Å². The number of carbonyl (C=O) groups is 5. The summed E-state index contributed by atoms with van der Waals surface area (Å²) < 4.78 is 0. The molecule has 1 aliphatic heterocycles. The minimum Gasteiger partial charge on any atom is -0.356 e. The highest BCUT2D eigenvalue weighted by Crippen LogP contribution is 2.27. The first kappa shape index (κ1) is 21.4. The zero-order chi connectivity index (χ0) is 21.8. The summed E-state index contributed by atoms with van der Waals surface area (Å²) >= 11 is 1.23. The summed E-state index contributed by atoms with van der Waals surface area (Å²) in [7, 11) is 0. The van der Waals surface area contributed by atoms with Crippen LogP contribution in [0, 0.1) is 0 Å². The van der Waals surface area contributed by atoms with Crippen LogP contribution in [0.5, 0.6) is 0 Å². The van der Waals surface area contributed by atoms with Crippen molar-refractivity contribution in [1.29, 1.82) is 0 Å². The molecule has 0 aliphatic carbocycles. The molecule has 156 valence electrons. The van der Waals surface area contributed by atoms with Crippen molar-refractivity contribution in [1.82, 2.24) is 15.1 Å². The van der Waals surface area contributed by atoms with Crippen molar-refractivity contribution in [3.63, 3.8) is 0 Å². The highest BCUT2D eigenvalue weighted by atomic mass is 32.1. The number of nitrogens with one attached hydrogen (secondary N) is 1. The maximum Gasteiger partial charge on any atom is 0.335 e. The second kappa shape index (κ2) is 9.00. The number of nitrogens with zero attached hydrogens (tertiary/aromatic N) is 2. The Balaban J connectivity index is 1.68. The molecule has 0 saturated carbocycles. The van der Waals surface area contributed by atoms with Crippen molar-refractivity contribution in [3.8, 4) is 0 Å². The van der Waals surface area contributed by atoms with E-state index >= 15 is 0 Å². The van der Waals surface area contributed by atoms with Crippen LogP contribution in [0.4, 0.5) is 4.79 Å². The quantitative estimate of drug-likeness (QED) is 0.395. The first-order chi connectivity index (χ1) is 14.3. The monoisotopic (exact) mass is 427 g/mol. The Kier molecular flexibility index (Phi) is 6.41. The van der Waals surface area contributed by atoms with Gasteiger partial charge in [-0.1, -0.05) is 30.3 Å². The van der Waals surface area contributed by atoms with Crippen LogP contribution >= 0.6 is 11.3 Å². The van der Waals surface area contributed by atoms with E-state index in [-0.39, 0.29) is 5.91 Å². The molecule has 1 aromatic heterocycles. The van der Waals surface area contributed by atoms with Gasteiger partial charge in [-0.2, -0.15) is 0 Å². The number of thiophene rings is 1. The van der Waals surface area contributed by atoms with Gasteiger partial charge in [0.2, 0.25) is 5.91 Å². The van der Waals surface area contributed by atoms with E-state index < -0.39 is 36.2 Å².